The summed E-state index contributed by atoms with van der Waals surface area (Å²) in [6.45, 7) is 11.4. The second-order valence-corrected chi connectivity index (χ2v) is 15.5. The van der Waals surface area contributed by atoms with Crippen LogP contribution in [0.1, 0.15) is 62.3 Å². The Kier molecular flexibility index (Phi) is 3.47. The first kappa shape index (κ1) is 19.5. The van der Waals surface area contributed by atoms with Crippen LogP contribution in [0.3, 0.4) is 0 Å². The van der Waals surface area contributed by atoms with Crippen LogP contribution in [0.25, 0.3) is 0 Å². The summed E-state index contributed by atoms with van der Waals surface area (Å²) in [5.74, 6) is 0. The van der Waals surface area contributed by atoms with Gasteiger partial charge in [0.25, 0.3) is 0 Å². The fourth-order valence-electron chi connectivity index (χ4n) is 3.13. The van der Waals surface area contributed by atoms with Gasteiger partial charge in [0.05, 0.1) is 0 Å². The van der Waals surface area contributed by atoms with Gasteiger partial charge in [-0.15, -0.1) is 0 Å². The summed E-state index contributed by atoms with van der Waals surface area (Å²) in [4.78, 5) is 0. The van der Waals surface area contributed by atoms with Crippen molar-refractivity contribution in [3.63, 3.8) is 0 Å². The molecule has 1 rings (SSSR count). The number of nitrogens with zero attached hydrogens (tertiary/aromatic N) is 2. The second kappa shape index (κ2) is 3.74. The summed E-state index contributed by atoms with van der Waals surface area (Å²) in [5.41, 5.74) is -3.36. The first-order valence-electron chi connectivity index (χ1n) is 6.82. The molecule has 0 atom stereocenters. The third kappa shape index (κ3) is 2.43. The third-order valence-electron chi connectivity index (χ3n) is 3.30. The molecule has 0 radical (unpaired) electrons. The first-order chi connectivity index (χ1) is 8.51. The first-order valence-corrected chi connectivity index (χ1v) is 10.6. The Hall–Kier alpha value is 0.430. The van der Waals surface area contributed by atoms with Crippen LogP contribution in [0.5, 0.6) is 0 Å². The van der Waals surface area contributed by atoms with Crippen molar-refractivity contribution >= 4 is 15.4 Å². The van der Waals surface area contributed by atoms with Crippen LogP contribution in [-0.2, 0) is 0 Å². The zero-order valence-corrected chi connectivity index (χ0v) is 16.0. The molecule has 1 aliphatic rings. The van der Waals surface area contributed by atoms with Gasteiger partial charge in [-0.3, -0.25) is 0 Å². The Morgan fingerprint density at radius 3 is 1.05 bits per heavy atom. The Labute approximate surface area is 124 Å². The minimum absolute atomic E-state index is 0.351. The van der Waals surface area contributed by atoms with Crippen LogP contribution >= 0.6 is 15.4 Å². The molecular formula is C12H27F5N2P2. The normalized spacial score (nSPS) is 36.9. The minimum atomic E-state index is -9.08. The Balaban J connectivity index is 3.80. The van der Waals surface area contributed by atoms with Gasteiger partial charge in [-0.05, 0) is 0 Å². The van der Waals surface area contributed by atoms with Crippen molar-refractivity contribution in [3.05, 3.63) is 0 Å². The molecule has 0 unspecified atom stereocenters. The predicted octanol–water partition coefficient (Wildman–Crippen LogP) is 7.19. The van der Waals surface area contributed by atoms with Gasteiger partial charge in [0.1, 0.15) is 0 Å². The Bertz CT molecular complexity index is 438. The third-order valence-corrected chi connectivity index (χ3v) is 13.4. The van der Waals surface area contributed by atoms with Gasteiger partial charge in [0.15, 0.2) is 0 Å². The molecule has 0 N–H and O–H groups in total. The summed E-state index contributed by atoms with van der Waals surface area (Å²) in [6, 6.07) is 0. The van der Waals surface area contributed by atoms with E-state index in [9.17, 15) is 16.8 Å². The summed E-state index contributed by atoms with van der Waals surface area (Å²) < 4.78 is 73.9. The molecule has 0 aromatic carbocycles. The van der Waals surface area contributed by atoms with Crippen molar-refractivity contribution in [1.82, 2.24) is 8.88 Å². The molecule has 1 heterocycles. The molecule has 9 heteroatoms. The predicted molar refractivity (Wildman–Crippen MR) is 82.3 cm³/mol. The van der Waals surface area contributed by atoms with Crippen molar-refractivity contribution in [2.24, 2.45) is 0 Å². The standard InChI is InChI=1S/C12H27F5N2P2/c1-10(2,3)18-20(13,12(7,8)9)19(11(4,5)6)21(18,14,15,16)17/h1-9H3. The van der Waals surface area contributed by atoms with E-state index in [2.05, 4.69) is 0 Å². The molecule has 1 fully saturated rings. The molecule has 0 spiro atoms. The van der Waals surface area contributed by atoms with Crippen molar-refractivity contribution in [1.29, 1.82) is 0 Å². The van der Waals surface area contributed by atoms with Gasteiger partial charge in [-0.2, -0.15) is 0 Å². The number of hydrogen-bond donors (Lipinski definition) is 0. The van der Waals surface area contributed by atoms with Gasteiger partial charge in [0.2, 0.25) is 0 Å². The number of hydrogen-bond acceptors (Lipinski definition) is 2. The summed E-state index contributed by atoms with van der Waals surface area (Å²) in [6.07, 6.45) is 0. The average molecular weight is 356 g/mol. The molecule has 0 bridgehead atoms. The van der Waals surface area contributed by atoms with Crippen LogP contribution in [0, 0.1) is 0 Å². The Morgan fingerprint density at radius 1 is 0.667 bits per heavy atom. The van der Waals surface area contributed by atoms with Gasteiger partial charge in [0, 0.05) is 0 Å². The molecule has 1 saturated heterocycles. The van der Waals surface area contributed by atoms with E-state index in [-0.39, 0.29) is 8.88 Å². The van der Waals surface area contributed by atoms with Gasteiger partial charge >= 0.3 is 124 Å². The van der Waals surface area contributed by atoms with Crippen LogP contribution in [0.2, 0.25) is 0 Å². The second-order valence-electron chi connectivity index (χ2n) is 8.69. The topological polar surface area (TPSA) is 6.48 Å². The molecule has 0 amide bonds. The molecule has 0 aromatic rings. The fourth-order valence-corrected chi connectivity index (χ4v) is 14.3. The fraction of sp³-hybridized carbons (Fsp3) is 1.00. The monoisotopic (exact) mass is 356 g/mol. The molecule has 1 aliphatic heterocycles. The number of rotatable bonds is 0. The van der Waals surface area contributed by atoms with Crippen LogP contribution in [-0.4, -0.2) is 25.1 Å². The van der Waals surface area contributed by atoms with Crippen LogP contribution in [0.4, 0.5) is 21.0 Å². The van der Waals surface area contributed by atoms with Gasteiger partial charge in [-0.25, -0.2) is 0 Å². The van der Waals surface area contributed by atoms with E-state index in [0.717, 1.165) is 0 Å². The molecular weight excluding hydrogens is 329 g/mol. The quantitative estimate of drug-likeness (QED) is 0.335. The molecule has 0 saturated carbocycles. The zero-order chi connectivity index (χ0) is 17.6. The van der Waals surface area contributed by atoms with Crippen molar-refractivity contribution < 1.29 is 21.0 Å². The van der Waals surface area contributed by atoms with Gasteiger partial charge in [-0.1, -0.05) is 0 Å². The molecule has 0 aromatic heterocycles. The van der Waals surface area contributed by atoms with Gasteiger partial charge < -0.3 is 0 Å². The maximum absolute atomic E-state index is 15.8. The average Bonchev–Trinajstić information content (AvgIpc) is 1.86. The van der Waals surface area contributed by atoms with Crippen molar-refractivity contribution in [2.45, 2.75) is 78.5 Å². The Morgan fingerprint density at radius 2 is 0.905 bits per heavy atom. The van der Waals surface area contributed by atoms with E-state index < -0.39 is 31.6 Å². The van der Waals surface area contributed by atoms with E-state index >= 15 is 4.20 Å². The van der Waals surface area contributed by atoms with E-state index in [1.54, 1.807) is 0 Å². The van der Waals surface area contributed by atoms with E-state index in [1.807, 2.05) is 0 Å². The van der Waals surface area contributed by atoms with Crippen LogP contribution < -0.4 is 0 Å². The van der Waals surface area contributed by atoms with Crippen molar-refractivity contribution in [2.75, 3.05) is 0 Å². The van der Waals surface area contributed by atoms with E-state index in [4.69, 9.17) is 0 Å². The maximum atomic E-state index is 15.8. The summed E-state index contributed by atoms with van der Waals surface area (Å²) in [5, 5.41) is -1.33. The zero-order valence-electron chi connectivity index (χ0n) is 14.2. The number of halogens is 5. The van der Waals surface area contributed by atoms with E-state index in [0.29, 0.717) is 0 Å². The van der Waals surface area contributed by atoms with Crippen molar-refractivity contribution in [3.8, 4) is 0 Å². The molecule has 21 heavy (non-hydrogen) atoms. The summed E-state index contributed by atoms with van der Waals surface area (Å²) in [7, 11) is -13.5. The molecule has 2 nitrogen and oxygen atoms in total. The summed E-state index contributed by atoms with van der Waals surface area (Å²) >= 11 is 0. The van der Waals surface area contributed by atoms with E-state index in [1.165, 1.54) is 62.3 Å². The molecule has 0 aliphatic carbocycles. The molecule has 130 valence electrons. The SMILES string of the molecule is CC(C)(C)N1[P+](F)(C(C)(C)C)N(C(C)(C)C)[P-]1(F)(F)(F)F. The van der Waals surface area contributed by atoms with Crippen LogP contribution in [0.15, 0.2) is 0 Å².